The zero-order chi connectivity index (χ0) is 10.6. The van der Waals surface area contributed by atoms with E-state index in [-0.39, 0.29) is 5.56 Å². The number of ether oxygens (including phenoxy) is 1. The van der Waals surface area contributed by atoms with Crippen molar-refractivity contribution in [2.45, 2.75) is 0 Å². The number of hydrogen-bond donors (Lipinski definition) is 1. The normalized spacial score (nSPS) is 8.93. The van der Waals surface area contributed by atoms with Crippen LogP contribution in [0.3, 0.4) is 0 Å². The summed E-state index contributed by atoms with van der Waals surface area (Å²) in [7, 11) is 1.41. The maximum atomic E-state index is 10.8. The van der Waals surface area contributed by atoms with E-state index in [1.807, 2.05) is 0 Å². The summed E-state index contributed by atoms with van der Waals surface area (Å²) in [4.78, 5) is 14.4. The molecule has 0 radical (unpaired) electrons. The molecule has 0 aliphatic heterocycles. The molecule has 1 aromatic carbocycles. The van der Waals surface area contributed by atoms with Gasteiger partial charge in [0.1, 0.15) is 11.3 Å². The van der Waals surface area contributed by atoms with E-state index in [0.29, 0.717) is 11.4 Å². The van der Waals surface area contributed by atoms with Crippen LogP contribution in [0.25, 0.3) is 0 Å². The first-order valence-corrected chi connectivity index (χ1v) is 4.09. The van der Waals surface area contributed by atoms with Crippen LogP contribution >= 0.6 is 12.2 Å². The number of hydrogen-bond acceptors (Lipinski definition) is 4. The van der Waals surface area contributed by atoms with E-state index in [0.717, 1.165) is 0 Å². The number of thiocarbonyl (C=S) groups is 1. The fraction of sp³-hybridized carbons (Fsp3) is 0.111. The highest BCUT2D eigenvalue weighted by molar-refractivity contribution is 7.78. The van der Waals surface area contributed by atoms with E-state index in [4.69, 9.17) is 9.84 Å². The molecule has 0 fully saturated rings. The van der Waals surface area contributed by atoms with Crippen LogP contribution in [-0.4, -0.2) is 23.3 Å². The molecule has 0 amide bonds. The molecule has 1 N–H and O–H groups in total. The summed E-state index contributed by atoms with van der Waals surface area (Å²) >= 11 is 4.41. The predicted molar refractivity (Wildman–Crippen MR) is 54.6 cm³/mol. The smallest absolute Gasteiger partial charge is 0.339 e. The summed E-state index contributed by atoms with van der Waals surface area (Å²) in [5.41, 5.74) is 0.497. The summed E-state index contributed by atoms with van der Waals surface area (Å²) in [5.74, 6) is -0.774. The van der Waals surface area contributed by atoms with Crippen LogP contribution in [0.15, 0.2) is 23.2 Å². The second-order valence-corrected chi connectivity index (χ2v) is 2.58. The minimum absolute atomic E-state index is 0.0546. The largest absolute Gasteiger partial charge is 0.496 e. The third-order valence-corrected chi connectivity index (χ3v) is 1.68. The van der Waals surface area contributed by atoms with Gasteiger partial charge in [0.2, 0.25) is 0 Å². The van der Waals surface area contributed by atoms with Crippen LogP contribution in [-0.2, 0) is 0 Å². The topological polar surface area (TPSA) is 58.9 Å². The van der Waals surface area contributed by atoms with Crippen molar-refractivity contribution in [2.24, 2.45) is 4.99 Å². The average Bonchev–Trinajstić information content (AvgIpc) is 2.18. The molecule has 0 bridgehead atoms. The number of benzene rings is 1. The van der Waals surface area contributed by atoms with Crippen LogP contribution in [0.4, 0.5) is 5.69 Å². The van der Waals surface area contributed by atoms with Gasteiger partial charge in [0.05, 0.1) is 18.0 Å². The zero-order valence-corrected chi connectivity index (χ0v) is 8.17. The monoisotopic (exact) mass is 209 g/mol. The summed E-state index contributed by atoms with van der Waals surface area (Å²) in [5, 5.41) is 11.0. The minimum atomic E-state index is -1.07. The molecule has 0 spiro atoms. The maximum absolute atomic E-state index is 10.8. The molecule has 0 aliphatic rings. The van der Waals surface area contributed by atoms with Gasteiger partial charge in [-0.2, -0.15) is 4.99 Å². The molecule has 0 saturated heterocycles. The van der Waals surface area contributed by atoms with Crippen LogP contribution in [0.2, 0.25) is 0 Å². The van der Waals surface area contributed by atoms with Crippen LogP contribution in [0.5, 0.6) is 5.75 Å². The van der Waals surface area contributed by atoms with Gasteiger partial charge in [0.25, 0.3) is 0 Å². The maximum Gasteiger partial charge on any atom is 0.339 e. The Morgan fingerprint density at radius 1 is 1.64 bits per heavy atom. The summed E-state index contributed by atoms with van der Waals surface area (Å²) in [6.07, 6.45) is 0. The van der Waals surface area contributed by atoms with Crippen LogP contribution in [0.1, 0.15) is 10.4 Å². The highest BCUT2D eigenvalue weighted by Crippen LogP contribution is 2.23. The Morgan fingerprint density at radius 2 is 2.36 bits per heavy atom. The Bertz CT molecular complexity index is 411. The lowest BCUT2D eigenvalue weighted by Crippen LogP contribution is -1.99. The van der Waals surface area contributed by atoms with Gasteiger partial charge in [-0.15, -0.1) is 0 Å². The quantitative estimate of drug-likeness (QED) is 0.612. The van der Waals surface area contributed by atoms with Crippen LogP contribution in [0, 0.1) is 0 Å². The van der Waals surface area contributed by atoms with Gasteiger partial charge >= 0.3 is 5.97 Å². The van der Waals surface area contributed by atoms with Gasteiger partial charge in [-0.05, 0) is 30.4 Å². The van der Waals surface area contributed by atoms with E-state index in [1.165, 1.54) is 19.2 Å². The minimum Gasteiger partial charge on any atom is -0.496 e. The van der Waals surface area contributed by atoms with Gasteiger partial charge in [-0.1, -0.05) is 0 Å². The number of aromatic carboxylic acids is 1. The molecular weight excluding hydrogens is 202 g/mol. The van der Waals surface area contributed by atoms with Crippen molar-refractivity contribution < 1.29 is 14.6 Å². The zero-order valence-electron chi connectivity index (χ0n) is 7.35. The van der Waals surface area contributed by atoms with Crippen molar-refractivity contribution in [3.8, 4) is 5.75 Å². The molecule has 1 rings (SSSR count). The highest BCUT2D eigenvalue weighted by Gasteiger charge is 2.10. The molecule has 0 aliphatic carbocycles. The van der Waals surface area contributed by atoms with E-state index in [1.54, 1.807) is 6.07 Å². The molecule has 0 saturated carbocycles. The Morgan fingerprint density at radius 3 is 2.86 bits per heavy atom. The standard InChI is InChI=1S/C9H7NO3S/c1-13-8-3-2-6(10-5-14)4-7(8)9(11)12/h2-4H,1H3,(H,11,12). The first kappa shape index (κ1) is 10.4. The van der Waals surface area contributed by atoms with E-state index in [2.05, 4.69) is 22.4 Å². The van der Waals surface area contributed by atoms with E-state index in [9.17, 15) is 4.79 Å². The van der Waals surface area contributed by atoms with Crippen molar-refractivity contribution in [1.29, 1.82) is 0 Å². The van der Waals surface area contributed by atoms with Crippen molar-refractivity contribution in [3.05, 3.63) is 23.8 Å². The first-order valence-electron chi connectivity index (χ1n) is 3.68. The fourth-order valence-electron chi connectivity index (χ4n) is 0.985. The lowest BCUT2D eigenvalue weighted by molar-refractivity contribution is 0.0693. The summed E-state index contributed by atoms with van der Waals surface area (Å²) in [6, 6.07) is 4.50. The molecule has 5 heteroatoms. The molecule has 72 valence electrons. The predicted octanol–water partition coefficient (Wildman–Crippen LogP) is 2.13. The lowest BCUT2D eigenvalue weighted by Gasteiger charge is -2.04. The Labute approximate surface area is 85.8 Å². The summed E-state index contributed by atoms with van der Waals surface area (Å²) in [6.45, 7) is 0. The first-order chi connectivity index (χ1) is 6.69. The Balaban J connectivity index is 3.27. The lowest BCUT2D eigenvalue weighted by atomic mass is 10.2. The van der Waals surface area contributed by atoms with Crippen molar-refractivity contribution in [1.82, 2.24) is 0 Å². The van der Waals surface area contributed by atoms with Gasteiger partial charge in [0, 0.05) is 0 Å². The van der Waals surface area contributed by atoms with E-state index >= 15 is 0 Å². The fourth-order valence-corrected chi connectivity index (χ4v) is 1.09. The number of carboxylic acids is 1. The molecule has 14 heavy (non-hydrogen) atoms. The third-order valence-electron chi connectivity index (χ3n) is 1.59. The Kier molecular flexibility index (Phi) is 3.34. The van der Waals surface area contributed by atoms with E-state index < -0.39 is 5.97 Å². The van der Waals surface area contributed by atoms with Crippen molar-refractivity contribution in [3.63, 3.8) is 0 Å². The second kappa shape index (κ2) is 4.50. The number of isothiocyanates is 1. The van der Waals surface area contributed by atoms with Gasteiger partial charge in [0.15, 0.2) is 0 Å². The number of carbonyl (C=O) groups is 1. The molecular formula is C9H7NO3S. The van der Waals surface area contributed by atoms with Crippen molar-refractivity contribution in [2.75, 3.05) is 7.11 Å². The molecule has 0 heterocycles. The second-order valence-electron chi connectivity index (χ2n) is 2.39. The molecule has 1 aromatic rings. The molecule has 0 atom stereocenters. The molecule has 0 unspecified atom stereocenters. The average molecular weight is 209 g/mol. The highest BCUT2D eigenvalue weighted by atomic mass is 32.1. The third kappa shape index (κ3) is 2.16. The number of methoxy groups -OCH3 is 1. The molecule has 4 nitrogen and oxygen atoms in total. The number of nitrogens with zero attached hydrogens (tertiary/aromatic N) is 1. The molecule has 0 aromatic heterocycles. The van der Waals surface area contributed by atoms with Crippen molar-refractivity contribution >= 4 is 29.0 Å². The summed E-state index contributed by atoms with van der Waals surface area (Å²) < 4.78 is 4.87. The van der Waals surface area contributed by atoms with Gasteiger partial charge in [-0.25, -0.2) is 4.79 Å². The van der Waals surface area contributed by atoms with Crippen LogP contribution < -0.4 is 4.74 Å². The number of aliphatic imine (C=N–C) groups is 1. The number of carboxylic acid groups (broad SMARTS) is 1. The van der Waals surface area contributed by atoms with Gasteiger partial charge < -0.3 is 9.84 Å². The van der Waals surface area contributed by atoms with Gasteiger partial charge in [-0.3, -0.25) is 0 Å². The Hall–Kier alpha value is -1.71. The SMILES string of the molecule is COc1ccc(N=C=S)cc1C(=O)O. The number of rotatable bonds is 3.